The van der Waals surface area contributed by atoms with Crippen molar-refractivity contribution >= 4 is 40.7 Å². The molecular weight excluding hydrogens is 312 g/mol. The normalized spacial score (nSPS) is 14.2. The maximum Gasteiger partial charge on any atom is 0.260 e. The molecule has 1 aliphatic heterocycles. The van der Waals surface area contributed by atoms with Crippen molar-refractivity contribution in [2.45, 2.75) is 12.8 Å². The minimum Gasteiger partial charge on any atom is -0.481 e. The Balaban J connectivity index is 0.00000180. The molecule has 19 heavy (non-hydrogen) atoms. The Morgan fingerprint density at radius 2 is 1.68 bits per heavy atom. The fourth-order valence-electron chi connectivity index (χ4n) is 1.86. The Morgan fingerprint density at radius 3 is 2.21 bits per heavy atom. The lowest BCUT2D eigenvalue weighted by Crippen LogP contribution is -2.32. The second kappa shape index (κ2) is 7.20. The summed E-state index contributed by atoms with van der Waals surface area (Å²) in [7, 11) is 0. The third kappa shape index (κ3) is 4.14. The van der Waals surface area contributed by atoms with Crippen LogP contribution in [0, 0.1) is 0 Å². The van der Waals surface area contributed by atoms with Crippen LogP contribution in [-0.2, 0) is 4.79 Å². The van der Waals surface area contributed by atoms with Crippen LogP contribution in [0.15, 0.2) is 12.1 Å². The van der Waals surface area contributed by atoms with E-state index in [1.54, 1.807) is 4.90 Å². The fraction of sp³-hybridized carbons (Fsp3) is 0.417. The highest BCUT2D eigenvalue weighted by atomic mass is 35.5. The van der Waals surface area contributed by atoms with Gasteiger partial charge in [-0.05, 0) is 25.0 Å². The van der Waals surface area contributed by atoms with E-state index in [1.165, 1.54) is 12.1 Å². The van der Waals surface area contributed by atoms with E-state index in [2.05, 4.69) is 0 Å². The molecule has 1 heterocycles. The van der Waals surface area contributed by atoms with Gasteiger partial charge in [-0.3, -0.25) is 4.79 Å². The van der Waals surface area contributed by atoms with Crippen molar-refractivity contribution < 1.29 is 15.0 Å². The van der Waals surface area contributed by atoms with Gasteiger partial charge in [-0.15, -0.1) is 0 Å². The average molecular weight is 327 g/mol. The number of ether oxygens (including phenoxy) is 1. The first-order valence-corrected chi connectivity index (χ1v) is 6.76. The minimum atomic E-state index is -0.0545. The summed E-state index contributed by atoms with van der Waals surface area (Å²) in [4.78, 5) is 13.6. The molecule has 2 rings (SSSR count). The number of hydrogen-bond acceptors (Lipinski definition) is 2. The number of amides is 1. The molecular formula is C12H14Cl3NO3. The first kappa shape index (κ1) is 16.4. The summed E-state index contributed by atoms with van der Waals surface area (Å²) in [6.07, 6.45) is 2.10. The van der Waals surface area contributed by atoms with Gasteiger partial charge >= 0.3 is 0 Å². The van der Waals surface area contributed by atoms with Crippen LogP contribution >= 0.6 is 34.8 Å². The van der Waals surface area contributed by atoms with Crippen molar-refractivity contribution in [1.82, 2.24) is 4.90 Å². The summed E-state index contributed by atoms with van der Waals surface area (Å²) in [5.74, 6) is 0.255. The molecule has 0 atom stereocenters. The number of likely N-dealkylation sites (tertiary alicyclic amines) is 1. The second-order valence-electron chi connectivity index (χ2n) is 4.08. The summed E-state index contributed by atoms with van der Waals surface area (Å²) >= 11 is 17.7. The van der Waals surface area contributed by atoms with E-state index in [-0.39, 0.29) is 18.0 Å². The Kier molecular flexibility index (Phi) is 6.20. The summed E-state index contributed by atoms with van der Waals surface area (Å²) in [6, 6.07) is 3.06. The predicted molar refractivity (Wildman–Crippen MR) is 76.4 cm³/mol. The first-order chi connectivity index (χ1) is 8.58. The van der Waals surface area contributed by atoms with Crippen LogP contribution < -0.4 is 4.74 Å². The molecule has 1 aromatic rings. The number of carbonyl (C=O) groups excluding carboxylic acids is 1. The quantitative estimate of drug-likeness (QED) is 0.857. The van der Waals surface area contributed by atoms with Crippen molar-refractivity contribution in [3.8, 4) is 5.75 Å². The van der Waals surface area contributed by atoms with Crippen LogP contribution in [0.5, 0.6) is 5.75 Å². The zero-order valence-corrected chi connectivity index (χ0v) is 12.4. The largest absolute Gasteiger partial charge is 0.481 e. The van der Waals surface area contributed by atoms with E-state index in [0.717, 1.165) is 25.9 Å². The monoisotopic (exact) mass is 325 g/mol. The van der Waals surface area contributed by atoms with Gasteiger partial charge in [-0.1, -0.05) is 34.8 Å². The molecule has 1 saturated heterocycles. The van der Waals surface area contributed by atoms with Gasteiger partial charge in [0.15, 0.2) is 12.4 Å². The van der Waals surface area contributed by atoms with Crippen molar-refractivity contribution in [2.75, 3.05) is 19.7 Å². The first-order valence-electron chi connectivity index (χ1n) is 5.63. The summed E-state index contributed by atoms with van der Waals surface area (Å²) in [6.45, 7) is 1.54. The Bertz CT molecular complexity index is 439. The van der Waals surface area contributed by atoms with Crippen molar-refractivity contribution in [3.63, 3.8) is 0 Å². The molecule has 0 unspecified atom stereocenters. The molecule has 1 aliphatic rings. The van der Waals surface area contributed by atoms with Crippen LogP contribution in [0.1, 0.15) is 12.8 Å². The molecule has 106 valence electrons. The molecule has 1 fully saturated rings. The highest BCUT2D eigenvalue weighted by molar-refractivity contribution is 6.40. The van der Waals surface area contributed by atoms with Gasteiger partial charge in [0.2, 0.25) is 0 Å². The highest BCUT2D eigenvalue weighted by Crippen LogP contribution is 2.35. The lowest BCUT2D eigenvalue weighted by atomic mass is 10.3. The Labute approximate surface area is 126 Å². The van der Waals surface area contributed by atoms with Crippen molar-refractivity contribution in [1.29, 1.82) is 0 Å². The highest BCUT2D eigenvalue weighted by Gasteiger charge is 2.19. The van der Waals surface area contributed by atoms with Gasteiger partial charge in [-0.25, -0.2) is 0 Å². The van der Waals surface area contributed by atoms with Gasteiger partial charge in [0.25, 0.3) is 5.91 Å². The molecule has 2 N–H and O–H groups in total. The van der Waals surface area contributed by atoms with Crippen LogP contribution in [0.25, 0.3) is 0 Å². The van der Waals surface area contributed by atoms with Gasteiger partial charge in [0.1, 0.15) is 0 Å². The van der Waals surface area contributed by atoms with Crippen LogP contribution in [0.3, 0.4) is 0 Å². The third-order valence-corrected chi connectivity index (χ3v) is 3.54. The number of rotatable bonds is 3. The summed E-state index contributed by atoms with van der Waals surface area (Å²) in [5, 5.41) is 1.05. The van der Waals surface area contributed by atoms with Gasteiger partial charge in [0.05, 0.1) is 10.0 Å². The molecule has 0 bridgehead atoms. The number of halogens is 3. The van der Waals surface area contributed by atoms with E-state index < -0.39 is 0 Å². The van der Waals surface area contributed by atoms with E-state index in [0.29, 0.717) is 20.8 Å². The maximum absolute atomic E-state index is 11.8. The zero-order chi connectivity index (χ0) is 13.1. The minimum absolute atomic E-state index is 0. The van der Waals surface area contributed by atoms with Crippen molar-refractivity contribution in [2.24, 2.45) is 0 Å². The topological polar surface area (TPSA) is 61.0 Å². The number of carbonyl (C=O) groups is 1. The number of nitrogens with zero attached hydrogens (tertiary/aromatic N) is 1. The van der Waals surface area contributed by atoms with Gasteiger partial charge < -0.3 is 15.1 Å². The van der Waals surface area contributed by atoms with Crippen LogP contribution in [0.2, 0.25) is 15.1 Å². The predicted octanol–water partition coefficient (Wildman–Crippen LogP) is 2.82. The van der Waals surface area contributed by atoms with E-state index in [4.69, 9.17) is 39.5 Å². The van der Waals surface area contributed by atoms with Gasteiger partial charge in [-0.2, -0.15) is 0 Å². The maximum atomic E-state index is 11.8. The molecule has 0 saturated carbocycles. The molecule has 7 heteroatoms. The van der Waals surface area contributed by atoms with E-state index in [1.807, 2.05) is 0 Å². The molecule has 0 aromatic heterocycles. The Hall–Kier alpha value is -0.680. The van der Waals surface area contributed by atoms with Gasteiger partial charge in [0, 0.05) is 18.1 Å². The van der Waals surface area contributed by atoms with Crippen LogP contribution in [0.4, 0.5) is 0 Å². The molecule has 0 aliphatic carbocycles. The van der Waals surface area contributed by atoms with Crippen molar-refractivity contribution in [3.05, 3.63) is 27.2 Å². The SMILES string of the molecule is O.O=C(COc1c(Cl)cc(Cl)cc1Cl)N1CCCC1. The molecule has 1 aromatic carbocycles. The molecule has 0 radical (unpaired) electrons. The lowest BCUT2D eigenvalue weighted by molar-refractivity contribution is -0.132. The number of benzene rings is 1. The lowest BCUT2D eigenvalue weighted by Gasteiger charge is -2.16. The Morgan fingerprint density at radius 1 is 1.16 bits per heavy atom. The third-order valence-electron chi connectivity index (χ3n) is 2.76. The summed E-state index contributed by atoms with van der Waals surface area (Å²) in [5.41, 5.74) is 0. The molecule has 4 nitrogen and oxygen atoms in total. The van der Waals surface area contributed by atoms with Crippen LogP contribution in [-0.4, -0.2) is 36.0 Å². The fourth-order valence-corrected chi connectivity index (χ4v) is 2.78. The van der Waals surface area contributed by atoms with E-state index in [9.17, 15) is 4.79 Å². The summed E-state index contributed by atoms with van der Waals surface area (Å²) < 4.78 is 5.38. The molecule has 0 spiro atoms. The zero-order valence-electron chi connectivity index (χ0n) is 10.1. The molecule has 1 amide bonds. The second-order valence-corrected chi connectivity index (χ2v) is 5.33. The average Bonchev–Trinajstić information content (AvgIpc) is 2.80. The van der Waals surface area contributed by atoms with E-state index >= 15 is 0 Å². The smallest absolute Gasteiger partial charge is 0.260 e. The number of hydrogen-bond donors (Lipinski definition) is 0. The standard InChI is InChI=1S/C12H12Cl3NO2.H2O/c13-8-5-9(14)12(10(15)6-8)18-7-11(17)16-3-1-2-4-16;/h5-6H,1-4,7H2;1H2.